The number of carbonyl (C=O) groups is 1. The number of nitrogens with zero attached hydrogens (tertiary/aromatic N) is 1. The lowest BCUT2D eigenvalue weighted by Crippen LogP contribution is -2.47. The first-order chi connectivity index (χ1) is 9.34. The van der Waals surface area contributed by atoms with Gasteiger partial charge in [0.15, 0.2) is 9.84 Å². The first-order valence-electron chi connectivity index (χ1n) is 7.21. The second kappa shape index (κ2) is 8.92. The van der Waals surface area contributed by atoms with E-state index in [0.29, 0.717) is 19.5 Å². The molecule has 0 radical (unpaired) electrons. The Hall–Kier alpha value is -0.370. The highest BCUT2D eigenvalue weighted by Gasteiger charge is 2.34. The Kier molecular flexibility index (Phi) is 8.77. The number of ether oxygens (including phenoxy) is 1. The van der Waals surface area contributed by atoms with Gasteiger partial charge in [-0.1, -0.05) is 6.92 Å². The normalized spacial score (nSPS) is 23.4. The van der Waals surface area contributed by atoms with Crippen LogP contribution in [-0.4, -0.2) is 62.1 Å². The Labute approximate surface area is 133 Å². The average Bonchev–Trinajstić information content (AvgIpc) is 2.87. The molecule has 0 bridgehead atoms. The molecule has 0 saturated carbocycles. The highest BCUT2D eigenvalue weighted by molar-refractivity contribution is 7.91. The van der Waals surface area contributed by atoms with E-state index in [-0.39, 0.29) is 42.0 Å². The quantitative estimate of drug-likeness (QED) is 0.731. The lowest BCUT2D eigenvalue weighted by molar-refractivity contribution is -0.144. The lowest BCUT2D eigenvalue weighted by atomic mass is 10.1. The van der Waals surface area contributed by atoms with Crippen LogP contribution in [0.25, 0.3) is 0 Å². The molecule has 8 heteroatoms. The van der Waals surface area contributed by atoms with E-state index in [1.54, 1.807) is 18.7 Å². The molecule has 1 aliphatic rings. The molecular formula is C13H27ClN2O4S. The van der Waals surface area contributed by atoms with Gasteiger partial charge in [0, 0.05) is 24.9 Å². The van der Waals surface area contributed by atoms with Crippen molar-refractivity contribution in [2.75, 3.05) is 24.6 Å². The van der Waals surface area contributed by atoms with E-state index in [1.165, 1.54) is 0 Å². The molecule has 1 amide bonds. The summed E-state index contributed by atoms with van der Waals surface area (Å²) >= 11 is 0. The van der Waals surface area contributed by atoms with Crippen LogP contribution in [0.2, 0.25) is 0 Å². The van der Waals surface area contributed by atoms with Crippen molar-refractivity contribution < 1.29 is 17.9 Å². The van der Waals surface area contributed by atoms with Crippen LogP contribution in [0.1, 0.15) is 33.6 Å². The topological polar surface area (TPSA) is 89.7 Å². The second-order valence-corrected chi connectivity index (χ2v) is 7.63. The summed E-state index contributed by atoms with van der Waals surface area (Å²) in [4.78, 5) is 14.0. The number of nitrogens with two attached hydrogens (primary N) is 1. The Balaban J connectivity index is 0.00000400. The van der Waals surface area contributed by atoms with Gasteiger partial charge in [0.05, 0.1) is 11.9 Å². The molecule has 1 fully saturated rings. The van der Waals surface area contributed by atoms with Gasteiger partial charge in [0.25, 0.3) is 5.91 Å². The van der Waals surface area contributed by atoms with Gasteiger partial charge in [-0.15, -0.1) is 12.4 Å². The molecule has 2 N–H and O–H groups in total. The molecule has 0 aromatic carbocycles. The SMILES string of the molecule is CCN(C(=O)[C@@H]1CC[C@H](CN)O1)C(C)CS(=O)(=O)CC.Cl. The summed E-state index contributed by atoms with van der Waals surface area (Å²) in [6, 6.07) is -0.335. The third-order valence-corrected chi connectivity index (χ3v) is 5.61. The first-order valence-corrected chi connectivity index (χ1v) is 9.03. The van der Waals surface area contributed by atoms with E-state index >= 15 is 0 Å². The van der Waals surface area contributed by atoms with Crippen molar-refractivity contribution in [3.63, 3.8) is 0 Å². The molecule has 0 aromatic rings. The number of rotatable bonds is 7. The molecule has 1 unspecified atom stereocenters. The maximum Gasteiger partial charge on any atom is 0.251 e. The van der Waals surface area contributed by atoms with Crippen molar-refractivity contribution >= 4 is 28.2 Å². The Morgan fingerprint density at radius 1 is 1.38 bits per heavy atom. The van der Waals surface area contributed by atoms with E-state index < -0.39 is 15.9 Å². The maximum absolute atomic E-state index is 12.4. The van der Waals surface area contributed by atoms with Gasteiger partial charge in [-0.25, -0.2) is 8.42 Å². The van der Waals surface area contributed by atoms with Crippen LogP contribution in [-0.2, 0) is 19.4 Å². The van der Waals surface area contributed by atoms with Gasteiger partial charge in [0.1, 0.15) is 6.10 Å². The van der Waals surface area contributed by atoms with Crippen molar-refractivity contribution in [3.8, 4) is 0 Å². The predicted octanol–water partition coefficient (Wildman–Crippen LogP) is 0.586. The van der Waals surface area contributed by atoms with Gasteiger partial charge in [0.2, 0.25) is 0 Å². The molecule has 1 rings (SSSR count). The average molecular weight is 343 g/mol. The van der Waals surface area contributed by atoms with Crippen LogP contribution in [0, 0.1) is 0 Å². The van der Waals surface area contributed by atoms with Gasteiger partial charge in [-0.05, 0) is 26.7 Å². The molecule has 1 heterocycles. The minimum Gasteiger partial charge on any atom is -0.364 e. The summed E-state index contributed by atoms with van der Waals surface area (Å²) in [6.07, 6.45) is 0.906. The van der Waals surface area contributed by atoms with E-state index in [0.717, 1.165) is 6.42 Å². The number of sulfone groups is 1. The van der Waals surface area contributed by atoms with Gasteiger partial charge in [-0.2, -0.15) is 0 Å². The third-order valence-electron chi connectivity index (χ3n) is 3.74. The number of carbonyl (C=O) groups excluding carboxylic acids is 1. The monoisotopic (exact) mass is 342 g/mol. The molecule has 0 aromatic heterocycles. The Morgan fingerprint density at radius 3 is 2.43 bits per heavy atom. The summed E-state index contributed by atoms with van der Waals surface area (Å²) in [6.45, 7) is 6.13. The number of amides is 1. The van der Waals surface area contributed by atoms with Crippen molar-refractivity contribution in [2.45, 2.75) is 51.9 Å². The fourth-order valence-corrected chi connectivity index (χ4v) is 3.66. The highest BCUT2D eigenvalue weighted by Crippen LogP contribution is 2.21. The molecule has 6 nitrogen and oxygen atoms in total. The lowest BCUT2D eigenvalue weighted by Gasteiger charge is -2.30. The number of hydrogen-bond acceptors (Lipinski definition) is 5. The van der Waals surface area contributed by atoms with Crippen molar-refractivity contribution in [3.05, 3.63) is 0 Å². The molecule has 0 spiro atoms. The van der Waals surface area contributed by atoms with E-state index in [1.807, 2.05) is 6.92 Å². The zero-order chi connectivity index (χ0) is 15.3. The van der Waals surface area contributed by atoms with Crippen molar-refractivity contribution in [1.82, 2.24) is 4.90 Å². The molecule has 21 heavy (non-hydrogen) atoms. The number of hydrogen-bond donors (Lipinski definition) is 1. The third kappa shape index (κ3) is 5.73. The summed E-state index contributed by atoms with van der Waals surface area (Å²) < 4.78 is 29.0. The summed E-state index contributed by atoms with van der Waals surface area (Å²) in [7, 11) is -3.10. The highest BCUT2D eigenvalue weighted by atomic mass is 35.5. The van der Waals surface area contributed by atoms with Gasteiger partial charge >= 0.3 is 0 Å². The maximum atomic E-state index is 12.4. The molecular weight excluding hydrogens is 316 g/mol. The minimum atomic E-state index is -3.10. The fourth-order valence-electron chi connectivity index (χ4n) is 2.51. The van der Waals surface area contributed by atoms with Crippen LogP contribution >= 0.6 is 12.4 Å². The predicted molar refractivity (Wildman–Crippen MR) is 85.4 cm³/mol. The second-order valence-electron chi connectivity index (χ2n) is 5.23. The standard InChI is InChI=1S/C13H26N2O4S.ClH/c1-4-15(10(3)9-20(17,18)5-2)13(16)12-7-6-11(8-14)19-12;/h10-12H,4-9,14H2,1-3H3;1H/t10?,11-,12+;/m1./s1. The Morgan fingerprint density at radius 2 is 2.00 bits per heavy atom. The van der Waals surface area contributed by atoms with Gasteiger partial charge < -0.3 is 15.4 Å². The van der Waals surface area contributed by atoms with Crippen LogP contribution in [0.5, 0.6) is 0 Å². The molecule has 1 saturated heterocycles. The number of halogens is 1. The minimum absolute atomic E-state index is 0. The van der Waals surface area contributed by atoms with Crippen LogP contribution < -0.4 is 5.73 Å². The largest absolute Gasteiger partial charge is 0.364 e. The fraction of sp³-hybridized carbons (Fsp3) is 0.923. The van der Waals surface area contributed by atoms with E-state index in [4.69, 9.17) is 10.5 Å². The summed E-state index contributed by atoms with van der Waals surface area (Å²) in [5.41, 5.74) is 5.54. The first kappa shape index (κ1) is 20.6. The zero-order valence-corrected chi connectivity index (χ0v) is 14.6. The smallest absolute Gasteiger partial charge is 0.251 e. The van der Waals surface area contributed by atoms with E-state index in [2.05, 4.69) is 0 Å². The summed E-state index contributed by atoms with van der Waals surface area (Å²) in [5, 5.41) is 0. The van der Waals surface area contributed by atoms with Crippen LogP contribution in [0.4, 0.5) is 0 Å². The van der Waals surface area contributed by atoms with Crippen molar-refractivity contribution in [2.24, 2.45) is 5.73 Å². The molecule has 3 atom stereocenters. The molecule has 126 valence electrons. The van der Waals surface area contributed by atoms with E-state index in [9.17, 15) is 13.2 Å². The Bertz CT molecular complexity index is 430. The van der Waals surface area contributed by atoms with Crippen LogP contribution in [0.15, 0.2) is 0 Å². The molecule has 1 aliphatic heterocycles. The zero-order valence-electron chi connectivity index (χ0n) is 12.9. The molecule has 0 aliphatic carbocycles. The van der Waals surface area contributed by atoms with Gasteiger partial charge in [-0.3, -0.25) is 4.79 Å². The summed E-state index contributed by atoms with van der Waals surface area (Å²) in [5.74, 6) is -0.0313. The van der Waals surface area contributed by atoms with Crippen LogP contribution in [0.3, 0.4) is 0 Å². The number of likely N-dealkylation sites (N-methyl/N-ethyl adjacent to an activating group) is 1. The van der Waals surface area contributed by atoms with Crippen molar-refractivity contribution in [1.29, 1.82) is 0 Å².